The summed E-state index contributed by atoms with van der Waals surface area (Å²) in [4.78, 5) is 21.7. The van der Waals surface area contributed by atoms with Crippen LogP contribution in [0.4, 0.5) is 5.82 Å². The fraction of sp³-hybridized carbons (Fsp3) is 0.560. The number of amides is 1. The Labute approximate surface area is 202 Å². The molecule has 2 aromatic rings. The molecular weight excluding hydrogens is 528 g/mol. The number of carbonyl (C=O) groups is 1. The molecule has 0 bridgehead atoms. The van der Waals surface area contributed by atoms with E-state index in [9.17, 15) is 4.79 Å². The zero-order valence-electron chi connectivity index (χ0n) is 20.0. The number of halogens is 1. The van der Waals surface area contributed by atoms with Crippen molar-refractivity contribution >= 4 is 45.4 Å². The van der Waals surface area contributed by atoms with Gasteiger partial charge in [-0.1, -0.05) is 0 Å². The van der Waals surface area contributed by atoms with Crippen LogP contribution >= 0.6 is 11.6 Å². The molecule has 0 aromatic carbocycles. The van der Waals surface area contributed by atoms with Gasteiger partial charge in [0.1, 0.15) is 0 Å². The first-order valence-corrected chi connectivity index (χ1v) is 19.8. The van der Waals surface area contributed by atoms with Crippen LogP contribution < -0.4 is 13.8 Å². The Balaban J connectivity index is 2.13. The molecule has 0 aliphatic carbocycles. The molecule has 2 aromatic heterocycles. The Morgan fingerprint density at radius 2 is 1.62 bits per heavy atom. The van der Waals surface area contributed by atoms with Gasteiger partial charge in [0.05, 0.1) is 0 Å². The number of pyridine rings is 2. The molecule has 0 unspecified atom stereocenters. The number of nitrogens with zero attached hydrogens (tertiary/aromatic N) is 2. The van der Waals surface area contributed by atoms with Crippen molar-refractivity contribution in [2.75, 3.05) is 12.4 Å². The molecule has 176 valence electrons. The molecule has 0 radical (unpaired) electrons. The Morgan fingerprint density at radius 1 is 1.00 bits per heavy atom. The van der Waals surface area contributed by atoms with Crippen molar-refractivity contribution in [3.8, 4) is 5.75 Å². The van der Waals surface area contributed by atoms with E-state index in [2.05, 4.69) is 43.2 Å². The molecule has 0 saturated carbocycles. The molecule has 1 amide bonds. The minimum absolute atomic E-state index is 0.130. The number of carbonyl (C=O) groups excluding carboxylic acids is 1. The van der Waals surface area contributed by atoms with E-state index in [1.165, 1.54) is 68.9 Å². The van der Waals surface area contributed by atoms with E-state index in [1.54, 1.807) is 6.07 Å². The Morgan fingerprint density at radius 3 is 2.12 bits per heavy atom. The summed E-state index contributed by atoms with van der Waals surface area (Å²) in [5.41, 5.74) is 0.925. The third-order valence-corrected chi connectivity index (χ3v) is 21.5. The van der Waals surface area contributed by atoms with E-state index in [-0.39, 0.29) is 12.3 Å². The second-order valence-electron chi connectivity index (χ2n) is 8.57. The number of methoxy groups -OCH3 is 1. The van der Waals surface area contributed by atoms with Crippen molar-refractivity contribution < 1.29 is 9.53 Å². The van der Waals surface area contributed by atoms with Gasteiger partial charge in [0.2, 0.25) is 0 Å². The number of unbranched alkanes of at least 4 members (excludes halogenated alkanes) is 3. The third-order valence-electron chi connectivity index (χ3n) is 6.07. The normalized spacial score (nSPS) is 11.4. The van der Waals surface area contributed by atoms with Crippen molar-refractivity contribution in [2.24, 2.45) is 0 Å². The van der Waals surface area contributed by atoms with Gasteiger partial charge in [-0.15, -0.1) is 0 Å². The Kier molecular flexibility index (Phi) is 11.8. The first-order valence-electron chi connectivity index (χ1n) is 11.9. The van der Waals surface area contributed by atoms with Gasteiger partial charge in [-0.2, -0.15) is 0 Å². The number of rotatable bonds is 14. The maximum absolute atomic E-state index is 12.5. The molecule has 2 heterocycles. The summed E-state index contributed by atoms with van der Waals surface area (Å²) < 4.78 is 10.8. The molecule has 32 heavy (non-hydrogen) atoms. The Hall–Kier alpha value is -1.34. The Bertz CT molecular complexity index is 824. The van der Waals surface area contributed by atoms with Crippen LogP contribution in [0.15, 0.2) is 30.6 Å². The topological polar surface area (TPSA) is 64.1 Å². The molecule has 0 saturated heterocycles. The van der Waals surface area contributed by atoms with Gasteiger partial charge in [-0.25, -0.2) is 0 Å². The van der Waals surface area contributed by atoms with Crippen LogP contribution in [0.1, 0.15) is 64.9 Å². The second-order valence-corrected chi connectivity index (χ2v) is 22.0. The number of anilines is 1. The van der Waals surface area contributed by atoms with Crippen molar-refractivity contribution in [3.05, 3.63) is 41.2 Å². The SMILES string of the molecule is CCC[CH2][Sn]([CH2]CCC)([CH2]CCC)[c]1ccc(CC(=O)Nc2cc(OC)c(Cl)cn2)cn1. The van der Waals surface area contributed by atoms with Gasteiger partial charge in [0, 0.05) is 0 Å². The van der Waals surface area contributed by atoms with Gasteiger partial charge >= 0.3 is 203 Å². The molecule has 5 nitrogen and oxygen atoms in total. The summed E-state index contributed by atoms with van der Waals surface area (Å²) in [6, 6.07) is 5.97. The van der Waals surface area contributed by atoms with E-state index in [4.69, 9.17) is 21.3 Å². The molecule has 0 fully saturated rings. The predicted octanol–water partition coefficient (Wildman–Crippen LogP) is 6.38. The summed E-state index contributed by atoms with van der Waals surface area (Å²) in [6.07, 6.45) is 11.3. The fourth-order valence-electron chi connectivity index (χ4n) is 4.16. The van der Waals surface area contributed by atoms with Gasteiger partial charge in [0.25, 0.3) is 0 Å². The number of nitrogens with one attached hydrogen (secondary N) is 1. The molecule has 0 aliphatic heterocycles. The van der Waals surface area contributed by atoms with E-state index in [1.807, 2.05) is 6.20 Å². The van der Waals surface area contributed by atoms with Crippen LogP contribution in [0.2, 0.25) is 18.3 Å². The van der Waals surface area contributed by atoms with Crippen LogP contribution in [0.25, 0.3) is 0 Å². The van der Waals surface area contributed by atoms with Crippen molar-refractivity contribution in [1.29, 1.82) is 0 Å². The molecule has 1 N–H and O–H groups in total. The van der Waals surface area contributed by atoms with E-state index < -0.39 is 18.4 Å². The number of aromatic nitrogens is 2. The van der Waals surface area contributed by atoms with Gasteiger partial charge in [0.15, 0.2) is 0 Å². The minimum atomic E-state index is -2.53. The quantitative estimate of drug-likeness (QED) is 0.270. The van der Waals surface area contributed by atoms with E-state index in [0.29, 0.717) is 16.6 Å². The molecule has 0 atom stereocenters. The molecule has 7 heteroatoms. The van der Waals surface area contributed by atoms with Crippen LogP contribution in [-0.2, 0) is 11.2 Å². The summed E-state index contributed by atoms with van der Waals surface area (Å²) in [5, 5.41) is 3.23. The monoisotopic (exact) mass is 567 g/mol. The average Bonchev–Trinajstić information content (AvgIpc) is 2.80. The number of hydrogen-bond acceptors (Lipinski definition) is 4. The van der Waals surface area contributed by atoms with Gasteiger partial charge in [-0.05, 0) is 0 Å². The summed E-state index contributed by atoms with van der Waals surface area (Å²) in [6.45, 7) is 6.86. The average molecular weight is 567 g/mol. The molecule has 0 spiro atoms. The summed E-state index contributed by atoms with van der Waals surface area (Å²) >= 11 is 3.48. The zero-order valence-corrected chi connectivity index (χ0v) is 23.7. The van der Waals surface area contributed by atoms with Crippen LogP contribution in [0, 0.1) is 0 Å². The molecular formula is C25H38ClN3O2Sn. The van der Waals surface area contributed by atoms with Crippen molar-refractivity contribution in [3.63, 3.8) is 0 Å². The van der Waals surface area contributed by atoms with Crippen LogP contribution in [0.5, 0.6) is 5.75 Å². The zero-order chi connectivity index (χ0) is 23.4. The second kappa shape index (κ2) is 14.0. The van der Waals surface area contributed by atoms with Gasteiger partial charge in [-0.3, -0.25) is 0 Å². The van der Waals surface area contributed by atoms with E-state index in [0.717, 1.165) is 5.56 Å². The predicted molar refractivity (Wildman–Crippen MR) is 137 cm³/mol. The fourth-order valence-corrected chi connectivity index (χ4v) is 19.7. The maximum atomic E-state index is 12.5. The third kappa shape index (κ3) is 7.91. The first kappa shape index (κ1) is 26.9. The molecule has 0 aliphatic rings. The standard InChI is InChI=1S/C13H11ClN3O2.3C4H9.Sn/c1-19-11-6-12(16-8-10(11)14)17-13(18)5-9-3-2-4-15-7-9;3*1-3-4-2;/h2-3,6-8H,5H2,1H3,(H,16,17,18);3*1,3-4H2,2H3;. The summed E-state index contributed by atoms with van der Waals surface area (Å²) in [7, 11) is 1.53. The van der Waals surface area contributed by atoms with E-state index >= 15 is 0 Å². The van der Waals surface area contributed by atoms with Crippen molar-refractivity contribution in [2.45, 2.75) is 79.0 Å². The first-order chi connectivity index (χ1) is 15.5. The van der Waals surface area contributed by atoms with Crippen LogP contribution in [-0.4, -0.2) is 41.4 Å². The van der Waals surface area contributed by atoms with Crippen LogP contribution in [0.3, 0.4) is 0 Å². The number of ether oxygens (including phenoxy) is 1. The summed E-state index contributed by atoms with van der Waals surface area (Å²) in [5.74, 6) is 0.780. The molecule has 2 rings (SSSR count). The van der Waals surface area contributed by atoms with Gasteiger partial charge < -0.3 is 0 Å². The number of hydrogen-bond donors (Lipinski definition) is 1. The van der Waals surface area contributed by atoms with Crippen molar-refractivity contribution in [1.82, 2.24) is 9.97 Å².